The lowest BCUT2D eigenvalue weighted by molar-refractivity contribution is 0.242. The van der Waals surface area contributed by atoms with Gasteiger partial charge in [0.2, 0.25) is 0 Å². The van der Waals surface area contributed by atoms with E-state index in [4.69, 9.17) is 21.7 Å². The molecule has 0 spiro atoms. The summed E-state index contributed by atoms with van der Waals surface area (Å²) in [4.78, 5) is 0. The van der Waals surface area contributed by atoms with Crippen LogP contribution >= 0.6 is 12.2 Å². The number of hydrogen-bond donors (Lipinski definition) is 2. The number of rotatable bonds is 7. The fraction of sp³-hybridized carbons (Fsp3) is 0.350. The highest BCUT2D eigenvalue weighted by molar-refractivity contribution is 7.80. The maximum absolute atomic E-state index is 5.65. The van der Waals surface area contributed by atoms with E-state index in [2.05, 4.69) is 29.7 Å². The van der Waals surface area contributed by atoms with Gasteiger partial charge in [-0.1, -0.05) is 19.1 Å². The number of hydrogen-bond acceptors (Lipinski definition) is 3. The van der Waals surface area contributed by atoms with Gasteiger partial charge in [0.15, 0.2) is 5.11 Å². The van der Waals surface area contributed by atoms with Gasteiger partial charge in [0, 0.05) is 5.69 Å². The van der Waals surface area contributed by atoms with Gasteiger partial charge in [-0.15, -0.1) is 0 Å². The number of nitrogens with one attached hydrogen (secondary N) is 2. The van der Waals surface area contributed by atoms with E-state index in [-0.39, 0.29) is 12.1 Å². The van der Waals surface area contributed by atoms with Crippen molar-refractivity contribution < 1.29 is 9.47 Å². The highest BCUT2D eigenvalue weighted by atomic mass is 32.1. The van der Waals surface area contributed by atoms with Crippen molar-refractivity contribution in [3.63, 3.8) is 0 Å². The molecule has 0 aliphatic rings. The van der Waals surface area contributed by atoms with Crippen molar-refractivity contribution >= 4 is 23.0 Å². The predicted octanol–water partition coefficient (Wildman–Crippen LogP) is 4.92. The largest absolute Gasteiger partial charge is 0.497 e. The topological polar surface area (TPSA) is 42.5 Å². The molecule has 0 radical (unpaired) electrons. The predicted molar refractivity (Wildman–Crippen MR) is 108 cm³/mol. The number of ether oxygens (including phenoxy) is 2. The summed E-state index contributed by atoms with van der Waals surface area (Å²) in [6.45, 7) is 6.15. The molecule has 0 amide bonds. The van der Waals surface area contributed by atoms with E-state index in [1.54, 1.807) is 7.11 Å². The molecule has 1 atom stereocenters. The standard InChI is InChI=1S/C20H26N2O2S/c1-5-19(15-6-10-17(23-4)11-7-15)22-20(25)21-16-8-12-18(13-9-16)24-14(2)3/h6-14,19H,5H2,1-4H3,(H2,21,22,25)/t19-/m0/s1. The molecular formula is C20H26N2O2S. The van der Waals surface area contributed by atoms with Gasteiger partial charge in [0.05, 0.1) is 19.3 Å². The molecule has 134 valence electrons. The molecule has 2 rings (SSSR count). The van der Waals surface area contributed by atoms with Gasteiger partial charge in [-0.25, -0.2) is 0 Å². The second kappa shape index (κ2) is 9.28. The fourth-order valence-corrected chi connectivity index (χ4v) is 2.73. The quantitative estimate of drug-likeness (QED) is 0.688. The molecular weight excluding hydrogens is 332 g/mol. The minimum absolute atomic E-state index is 0.148. The van der Waals surface area contributed by atoms with Crippen LogP contribution in [0.5, 0.6) is 11.5 Å². The first-order valence-corrected chi connectivity index (χ1v) is 8.90. The minimum Gasteiger partial charge on any atom is -0.497 e. The summed E-state index contributed by atoms with van der Waals surface area (Å²) in [6.07, 6.45) is 1.09. The van der Waals surface area contributed by atoms with E-state index in [0.717, 1.165) is 23.6 Å². The van der Waals surface area contributed by atoms with Gasteiger partial charge in [0.1, 0.15) is 11.5 Å². The second-order valence-corrected chi connectivity index (χ2v) is 6.43. The summed E-state index contributed by atoms with van der Waals surface area (Å²) in [7, 11) is 1.67. The molecule has 0 unspecified atom stereocenters. The van der Waals surface area contributed by atoms with Crippen molar-refractivity contribution in [2.24, 2.45) is 0 Å². The van der Waals surface area contributed by atoms with Crippen LogP contribution in [0, 0.1) is 0 Å². The van der Waals surface area contributed by atoms with Crippen molar-refractivity contribution in [2.75, 3.05) is 12.4 Å². The average molecular weight is 359 g/mol. The molecule has 0 aromatic heterocycles. The van der Waals surface area contributed by atoms with E-state index in [1.807, 2.05) is 50.2 Å². The Morgan fingerprint density at radius 1 is 1.00 bits per heavy atom. The molecule has 0 saturated heterocycles. The Labute approximate surface area is 155 Å². The highest BCUT2D eigenvalue weighted by Crippen LogP contribution is 2.21. The average Bonchev–Trinajstić information content (AvgIpc) is 2.61. The summed E-state index contributed by atoms with van der Waals surface area (Å²) in [6, 6.07) is 16.0. The van der Waals surface area contributed by atoms with E-state index < -0.39 is 0 Å². The Kier molecular flexibility index (Phi) is 7.07. The molecule has 0 aliphatic heterocycles. The monoisotopic (exact) mass is 358 g/mol. The lowest BCUT2D eigenvalue weighted by atomic mass is 10.0. The van der Waals surface area contributed by atoms with Gasteiger partial charge < -0.3 is 20.1 Å². The molecule has 0 heterocycles. The molecule has 2 N–H and O–H groups in total. The Morgan fingerprint density at radius 3 is 2.12 bits per heavy atom. The molecule has 0 aliphatic carbocycles. The molecule has 0 fully saturated rings. The Balaban J connectivity index is 1.95. The summed E-state index contributed by atoms with van der Waals surface area (Å²) in [5, 5.41) is 7.18. The third-order valence-corrected chi connectivity index (χ3v) is 3.94. The molecule has 4 nitrogen and oxygen atoms in total. The van der Waals surface area contributed by atoms with Gasteiger partial charge in [-0.05, 0) is 74.4 Å². The molecule has 5 heteroatoms. The van der Waals surface area contributed by atoms with Crippen LogP contribution in [0.15, 0.2) is 48.5 Å². The van der Waals surface area contributed by atoms with Crippen LogP contribution in [-0.2, 0) is 0 Å². The zero-order valence-electron chi connectivity index (χ0n) is 15.2. The van der Waals surface area contributed by atoms with Crippen LogP contribution in [-0.4, -0.2) is 18.3 Å². The van der Waals surface area contributed by atoms with Gasteiger partial charge >= 0.3 is 0 Å². The fourth-order valence-electron chi connectivity index (χ4n) is 2.47. The summed E-state index contributed by atoms with van der Waals surface area (Å²) < 4.78 is 10.9. The van der Waals surface area contributed by atoms with E-state index in [9.17, 15) is 0 Å². The lowest BCUT2D eigenvalue weighted by Crippen LogP contribution is -2.32. The minimum atomic E-state index is 0.148. The van der Waals surface area contributed by atoms with Crippen LogP contribution < -0.4 is 20.1 Å². The van der Waals surface area contributed by atoms with Crippen LogP contribution in [0.25, 0.3) is 0 Å². The third kappa shape index (κ3) is 5.94. The molecule has 2 aromatic carbocycles. The summed E-state index contributed by atoms with van der Waals surface area (Å²) in [5.41, 5.74) is 2.10. The van der Waals surface area contributed by atoms with Crippen molar-refractivity contribution in [1.29, 1.82) is 0 Å². The normalized spacial score (nSPS) is 11.7. The zero-order valence-corrected chi connectivity index (χ0v) is 16.0. The van der Waals surface area contributed by atoms with Crippen LogP contribution in [0.4, 0.5) is 5.69 Å². The molecule has 0 saturated carbocycles. The van der Waals surface area contributed by atoms with Crippen molar-refractivity contribution in [1.82, 2.24) is 5.32 Å². The van der Waals surface area contributed by atoms with Gasteiger partial charge in [-0.2, -0.15) is 0 Å². The van der Waals surface area contributed by atoms with Crippen molar-refractivity contribution in [3.8, 4) is 11.5 Å². The third-order valence-electron chi connectivity index (χ3n) is 3.72. The van der Waals surface area contributed by atoms with Crippen LogP contribution in [0.3, 0.4) is 0 Å². The maximum atomic E-state index is 5.65. The molecule has 25 heavy (non-hydrogen) atoms. The second-order valence-electron chi connectivity index (χ2n) is 6.02. The smallest absolute Gasteiger partial charge is 0.171 e. The van der Waals surface area contributed by atoms with Crippen molar-refractivity contribution in [2.45, 2.75) is 39.3 Å². The van der Waals surface area contributed by atoms with Crippen LogP contribution in [0.2, 0.25) is 0 Å². The maximum Gasteiger partial charge on any atom is 0.171 e. The Bertz CT molecular complexity index is 669. The summed E-state index contributed by atoms with van der Waals surface area (Å²) >= 11 is 5.45. The Hall–Kier alpha value is -2.27. The molecule has 0 bridgehead atoms. The first-order valence-electron chi connectivity index (χ1n) is 8.50. The Morgan fingerprint density at radius 2 is 1.60 bits per heavy atom. The SMILES string of the molecule is CC[C@H](NC(=S)Nc1ccc(OC(C)C)cc1)c1ccc(OC)cc1. The van der Waals surface area contributed by atoms with Gasteiger partial charge in [0.25, 0.3) is 0 Å². The summed E-state index contributed by atoms with van der Waals surface area (Å²) in [5.74, 6) is 1.70. The first kappa shape index (κ1) is 19.1. The number of anilines is 1. The lowest BCUT2D eigenvalue weighted by Gasteiger charge is -2.20. The highest BCUT2D eigenvalue weighted by Gasteiger charge is 2.11. The number of methoxy groups -OCH3 is 1. The van der Waals surface area contributed by atoms with Gasteiger partial charge in [-0.3, -0.25) is 0 Å². The van der Waals surface area contributed by atoms with Crippen molar-refractivity contribution in [3.05, 3.63) is 54.1 Å². The van der Waals surface area contributed by atoms with E-state index in [1.165, 1.54) is 5.56 Å². The first-order chi connectivity index (χ1) is 12.0. The van der Waals surface area contributed by atoms with E-state index >= 15 is 0 Å². The van der Waals surface area contributed by atoms with Crippen LogP contribution in [0.1, 0.15) is 38.8 Å². The molecule has 2 aromatic rings. The number of benzene rings is 2. The zero-order chi connectivity index (χ0) is 18.2. The number of thiocarbonyl (C=S) groups is 1. The van der Waals surface area contributed by atoms with E-state index in [0.29, 0.717) is 5.11 Å².